The zero-order valence-corrected chi connectivity index (χ0v) is 11.2. The molecule has 19 heavy (non-hydrogen) atoms. The van der Waals surface area contributed by atoms with Gasteiger partial charge in [0.15, 0.2) is 18.1 Å². The Balaban J connectivity index is 4.07. The number of hydrogen-bond acceptors (Lipinski definition) is 5. The van der Waals surface area contributed by atoms with Crippen LogP contribution in [0.25, 0.3) is 0 Å². The SMILES string of the molecule is NC(N)=NCCCCC[C@H](N=C(N)N)OS(=O)(=O)O. The van der Waals surface area contributed by atoms with E-state index in [0.29, 0.717) is 13.0 Å². The van der Waals surface area contributed by atoms with E-state index in [1.54, 1.807) is 0 Å². The predicted octanol–water partition coefficient (Wildman–Crippen LogP) is -1.76. The van der Waals surface area contributed by atoms with Crippen LogP contribution in [0.4, 0.5) is 0 Å². The topological polar surface area (TPSA) is 192 Å². The maximum Gasteiger partial charge on any atom is 0.399 e. The summed E-state index contributed by atoms with van der Waals surface area (Å²) in [6, 6.07) is 0. The van der Waals surface area contributed by atoms with Crippen molar-refractivity contribution in [3.8, 4) is 0 Å². The molecule has 0 rings (SSSR count). The lowest BCUT2D eigenvalue weighted by Gasteiger charge is -2.10. The zero-order chi connectivity index (χ0) is 14.9. The molecule has 0 spiro atoms. The van der Waals surface area contributed by atoms with Crippen molar-refractivity contribution in [2.45, 2.75) is 31.9 Å². The van der Waals surface area contributed by atoms with Gasteiger partial charge in [-0.25, -0.2) is 9.18 Å². The summed E-state index contributed by atoms with van der Waals surface area (Å²) in [4.78, 5) is 7.34. The molecule has 0 aliphatic heterocycles. The lowest BCUT2D eigenvalue weighted by atomic mass is 10.2. The number of nitrogens with two attached hydrogens (primary N) is 4. The third-order valence-corrected chi connectivity index (χ3v) is 2.39. The van der Waals surface area contributed by atoms with Crippen molar-refractivity contribution in [2.24, 2.45) is 32.9 Å². The van der Waals surface area contributed by atoms with Crippen LogP contribution in [0.2, 0.25) is 0 Å². The van der Waals surface area contributed by atoms with Gasteiger partial charge < -0.3 is 22.9 Å². The lowest BCUT2D eigenvalue weighted by molar-refractivity contribution is 0.177. The summed E-state index contributed by atoms with van der Waals surface area (Å²) in [6.07, 6.45) is 1.12. The second-order valence-electron chi connectivity index (χ2n) is 3.69. The van der Waals surface area contributed by atoms with Gasteiger partial charge in [-0.15, -0.1) is 0 Å². The second-order valence-corrected chi connectivity index (χ2v) is 4.74. The van der Waals surface area contributed by atoms with Crippen molar-refractivity contribution in [2.75, 3.05) is 6.54 Å². The molecule has 0 amide bonds. The Labute approximate surface area is 111 Å². The van der Waals surface area contributed by atoms with Crippen LogP contribution in [0.15, 0.2) is 9.98 Å². The van der Waals surface area contributed by atoms with Gasteiger partial charge in [0.2, 0.25) is 0 Å². The highest BCUT2D eigenvalue weighted by atomic mass is 32.3. The van der Waals surface area contributed by atoms with Crippen LogP contribution in [0, 0.1) is 0 Å². The fourth-order valence-corrected chi connectivity index (χ4v) is 1.68. The molecular formula is C8H20N6O4S. The Morgan fingerprint density at radius 3 is 2.21 bits per heavy atom. The molecule has 0 heterocycles. The number of nitrogens with zero attached hydrogens (tertiary/aromatic N) is 2. The maximum atomic E-state index is 10.6. The molecule has 0 fully saturated rings. The van der Waals surface area contributed by atoms with Crippen LogP contribution in [0.1, 0.15) is 25.7 Å². The van der Waals surface area contributed by atoms with Crippen LogP contribution in [0.3, 0.4) is 0 Å². The van der Waals surface area contributed by atoms with Gasteiger partial charge in [-0.3, -0.25) is 9.55 Å². The average molecular weight is 296 g/mol. The highest BCUT2D eigenvalue weighted by Gasteiger charge is 2.15. The number of hydrogen-bond donors (Lipinski definition) is 5. The third-order valence-electron chi connectivity index (χ3n) is 1.93. The summed E-state index contributed by atoms with van der Waals surface area (Å²) >= 11 is 0. The smallest absolute Gasteiger partial charge is 0.370 e. The minimum Gasteiger partial charge on any atom is -0.370 e. The standard InChI is InChI=1S/C8H20N6O4S/c9-7(10)13-5-3-1-2-4-6(14-8(11)12)18-19(15,16)17/h6H,1-5H2,(H4,9,10,13)(H4,11,12,14)(H,15,16,17)/t6-/m1/s1. The molecule has 0 bridgehead atoms. The van der Waals surface area contributed by atoms with E-state index in [9.17, 15) is 8.42 Å². The molecule has 0 aromatic heterocycles. The van der Waals surface area contributed by atoms with Gasteiger partial charge >= 0.3 is 10.4 Å². The highest BCUT2D eigenvalue weighted by Crippen LogP contribution is 2.10. The number of rotatable bonds is 9. The first-order valence-electron chi connectivity index (χ1n) is 5.50. The molecule has 1 atom stereocenters. The summed E-state index contributed by atoms with van der Waals surface area (Å²) < 4.78 is 34.0. The van der Waals surface area contributed by atoms with Gasteiger partial charge in [0.1, 0.15) is 0 Å². The molecule has 112 valence electrons. The molecule has 0 aromatic carbocycles. The monoisotopic (exact) mass is 296 g/mol. The largest absolute Gasteiger partial charge is 0.399 e. The van der Waals surface area contributed by atoms with Crippen molar-refractivity contribution in [1.29, 1.82) is 0 Å². The Morgan fingerprint density at radius 1 is 1.11 bits per heavy atom. The number of guanidine groups is 2. The van der Waals surface area contributed by atoms with Crippen molar-refractivity contribution in [1.82, 2.24) is 0 Å². The predicted molar refractivity (Wildman–Crippen MR) is 71.4 cm³/mol. The zero-order valence-electron chi connectivity index (χ0n) is 10.4. The molecule has 11 heteroatoms. The molecule has 9 N–H and O–H groups in total. The van der Waals surface area contributed by atoms with Gasteiger partial charge in [0, 0.05) is 6.54 Å². The van der Waals surface area contributed by atoms with Gasteiger partial charge in [0.25, 0.3) is 0 Å². The number of aliphatic imine (C=N–C) groups is 2. The Bertz CT molecular complexity index is 413. The summed E-state index contributed by atoms with van der Waals surface area (Å²) in [6.45, 7) is 0.481. The van der Waals surface area contributed by atoms with Crippen LogP contribution < -0.4 is 22.9 Å². The molecule has 0 saturated carbocycles. The van der Waals surface area contributed by atoms with Crippen molar-refractivity contribution < 1.29 is 17.2 Å². The van der Waals surface area contributed by atoms with E-state index >= 15 is 0 Å². The molecule has 0 radical (unpaired) electrons. The molecule has 0 aliphatic rings. The van der Waals surface area contributed by atoms with Crippen LogP contribution in [-0.2, 0) is 14.6 Å². The molecule has 0 unspecified atom stereocenters. The van der Waals surface area contributed by atoms with E-state index in [-0.39, 0.29) is 18.3 Å². The van der Waals surface area contributed by atoms with E-state index < -0.39 is 16.6 Å². The van der Waals surface area contributed by atoms with Crippen molar-refractivity contribution in [3.05, 3.63) is 0 Å². The lowest BCUT2D eigenvalue weighted by Crippen LogP contribution is -2.27. The summed E-state index contributed by atoms with van der Waals surface area (Å²) in [5, 5.41) is 0. The van der Waals surface area contributed by atoms with E-state index in [0.717, 1.165) is 12.8 Å². The van der Waals surface area contributed by atoms with Crippen LogP contribution >= 0.6 is 0 Å². The molecule has 0 aromatic rings. The molecular weight excluding hydrogens is 276 g/mol. The summed E-state index contributed by atoms with van der Waals surface area (Å²) in [5.41, 5.74) is 20.5. The minimum atomic E-state index is -4.60. The van der Waals surface area contributed by atoms with Crippen LogP contribution in [0.5, 0.6) is 0 Å². The molecule has 0 aliphatic carbocycles. The Morgan fingerprint density at radius 2 is 1.74 bits per heavy atom. The summed E-state index contributed by atoms with van der Waals surface area (Å²) in [5.74, 6) is -0.303. The first-order chi connectivity index (χ1) is 8.70. The highest BCUT2D eigenvalue weighted by molar-refractivity contribution is 7.80. The third kappa shape index (κ3) is 12.7. The quantitative estimate of drug-likeness (QED) is 0.143. The van der Waals surface area contributed by atoms with Crippen molar-refractivity contribution in [3.63, 3.8) is 0 Å². The second kappa shape index (κ2) is 8.50. The Hall–Kier alpha value is -1.59. The minimum absolute atomic E-state index is 0.0214. The van der Waals surface area contributed by atoms with Crippen molar-refractivity contribution >= 4 is 22.3 Å². The van der Waals surface area contributed by atoms with E-state index in [1.165, 1.54) is 0 Å². The fraction of sp³-hybridized carbons (Fsp3) is 0.750. The first-order valence-corrected chi connectivity index (χ1v) is 6.87. The maximum absolute atomic E-state index is 10.6. The van der Waals surface area contributed by atoms with Crippen LogP contribution in [-0.4, -0.2) is 37.7 Å². The molecule has 10 nitrogen and oxygen atoms in total. The normalized spacial score (nSPS) is 12.7. The number of unbranched alkanes of at least 4 members (excludes halogenated alkanes) is 2. The van der Waals surface area contributed by atoms with E-state index in [1.807, 2.05) is 0 Å². The Kier molecular flexibility index (Phi) is 7.79. The summed E-state index contributed by atoms with van der Waals surface area (Å²) in [7, 11) is -4.60. The van der Waals surface area contributed by atoms with Gasteiger partial charge in [-0.1, -0.05) is 6.42 Å². The average Bonchev–Trinajstić information content (AvgIpc) is 2.19. The van der Waals surface area contributed by atoms with Gasteiger partial charge in [-0.05, 0) is 19.3 Å². The molecule has 0 saturated heterocycles. The van der Waals surface area contributed by atoms with Gasteiger partial charge in [-0.2, -0.15) is 8.42 Å². The van der Waals surface area contributed by atoms with Gasteiger partial charge in [0.05, 0.1) is 0 Å². The van der Waals surface area contributed by atoms with E-state index in [2.05, 4.69) is 14.2 Å². The fourth-order valence-electron chi connectivity index (χ4n) is 1.26. The van der Waals surface area contributed by atoms with E-state index in [4.69, 9.17) is 27.5 Å². The first kappa shape index (κ1) is 17.4.